The van der Waals surface area contributed by atoms with Gasteiger partial charge < -0.3 is 0 Å². The topological polar surface area (TPSA) is 41.4 Å². The maximum absolute atomic E-state index is 13.3. The van der Waals surface area contributed by atoms with E-state index in [2.05, 4.69) is 15.1 Å². The van der Waals surface area contributed by atoms with Crippen molar-refractivity contribution in [2.45, 2.75) is 6.42 Å². The van der Waals surface area contributed by atoms with Crippen molar-refractivity contribution in [1.82, 2.24) is 9.97 Å². The van der Waals surface area contributed by atoms with Gasteiger partial charge in [-0.3, -0.25) is 0 Å². The summed E-state index contributed by atoms with van der Waals surface area (Å²) in [4.78, 5) is 7.27. The summed E-state index contributed by atoms with van der Waals surface area (Å²) in [5, 5.41) is 5.21. The molecule has 2 rings (SSSR count). The largest absolute Gasteiger partial charge is 0.245 e. The Hall–Kier alpha value is -1.23. The van der Waals surface area contributed by atoms with Crippen molar-refractivity contribution in [3.8, 4) is 0 Å². The first-order valence-electron chi connectivity index (χ1n) is 3.75. The molecule has 1 aliphatic heterocycles. The van der Waals surface area contributed by atoms with E-state index in [0.29, 0.717) is 6.54 Å². The first-order valence-corrected chi connectivity index (χ1v) is 4.13. The lowest BCUT2D eigenvalue weighted by Gasteiger charge is -2.12. The van der Waals surface area contributed by atoms with Gasteiger partial charge in [-0.1, -0.05) is 11.6 Å². The van der Waals surface area contributed by atoms with E-state index in [1.165, 1.54) is 11.3 Å². The zero-order chi connectivity index (χ0) is 9.26. The molecule has 0 bridgehead atoms. The molecule has 0 aliphatic carbocycles. The third-order valence-corrected chi connectivity index (χ3v) is 1.93. The third-order valence-electron chi connectivity index (χ3n) is 1.66. The second-order valence-electron chi connectivity index (χ2n) is 2.51. The highest BCUT2D eigenvalue weighted by molar-refractivity contribution is 6.29. The average molecular weight is 201 g/mol. The molecule has 0 spiro atoms. The van der Waals surface area contributed by atoms with E-state index >= 15 is 0 Å². The molecule has 1 aliphatic rings. The molecule has 1 aromatic rings. The van der Waals surface area contributed by atoms with Crippen LogP contribution in [-0.2, 0) is 0 Å². The molecule has 0 unspecified atom stereocenters. The lowest BCUT2D eigenvalue weighted by atomic mass is 10.4. The number of anilines is 1. The fourth-order valence-corrected chi connectivity index (χ4v) is 1.20. The molecule has 4 nitrogen and oxygen atoms in total. The van der Waals surface area contributed by atoms with Crippen LogP contribution in [0.15, 0.2) is 11.4 Å². The lowest BCUT2D eigenvalue weighted by Crippen LogP contribution is -2.15. The number of nitrogens with zero attached hydrogens (tertiary/aromatic N) is 4. The van der Waals surface area contributed by atoms with Crippen molar-refractivity contribution >= 4 is 23.6 Å². The van der Waals surface area contributed by atoms with Crippen molar-refractivity contribution < 1.29 is 4.39 Å². The standard InChI is InChI=1S/C7H6ClFN4/c8-6-5(9)7(11-4-10-6)13-3-1-2-12-13/h2,4H,1,3H2. The Morgan fingerprint density at radius 3 is 3.00 bits per heavy atom. The smallest absolute Gasteiger partial charge is 0.204 e. The van der Waals surface area contributed by atoms with Gasteiger partial charge in [0.1, 0.15) is 6.33 Å². The van der Waals surface area contributed by atoms with Crippen LogP contribution >= 0.6 is 11.6 Å². The zero-order valence-corrected chi connectivity index (χ0v) is 7.37. The second-order valence-corrected chi connectivity index (χ2v) is 2.87. The van der Waals surface area contributed by atoms with Crippen molar-refractivity contribution in [2.24, 2.45) is 5.10 Å². The van der Waals surface area contributed by atoms with Crippen LogP contribution in [0.4, 0.5) is 10.2 Å². The van der Waals surface area contributed by atoms with Gasteiger partial charge in [-0.25, -0.2) is 15.0 Å². The minimum absolute atomic E-state index is 0.133. The van der Waals surface area contributed by atoms with Gasteiger partial charge in [-0.2, -0.15) is 9.49 Å². The third kappa shape index (κ3) is 1.47. The second kappa shape index (κ2) is 3.26. The van der Waals surface area contributed by atoms with Crippen LogP contribution in [0.25, 0.3) is 0 Å². The Balaban J connectivity index is 2.39. The van der Waals surface area contributed by atoms with Crippen LogP contribution in [0.2, 0.25) is 5.15 Å². The van der Waals surface area contributed by atoms with Crippen LogP contribution < -0.4 is 5.01 Å². The quantitative estimate of drug-likeness (QED) is 0.645. The van der Waals surface area contributed by atoms with E-state index in [-0.39, 0.29) is 11.0 Å². The summed E-state index contributed by atoms with van der Waals surface area (Å²) in [6, 6.07) is 0. The summed E-state index contributed by atoms with van der Waals surface area (Å²) < 4.78 is 13.3. The summed E-state index contributed by atoms with van der Waals surface area (Å²) in [5.41, 5.74) is 0. The highest BCUT2D eigenvalue weighted by Gasteiger charge is 2.17. The molecule has 6 heteroatoms. The molecule has 0 N–H and O–H groups in total. The molecule has 0 aromatic carbocycles. The fourth-order valence-electron chi connectivity index (χ4n) is 1.07. The lowest BCUT2D eigenvalue weighted by molar-refractivity contribution is 0.607. The molecular formula is C7H6ClFN4. The van der Waals surface area contributed by atoms with E-state index in [1.54, 1.807) is 6.21 Å². The number of aromatic nitrogens is 2. The number of hydrogen-bond donors (Lipinski definition) is 0. The van der Waals surface area contributed by atoms with Gasteiger partial charge >= 0.3 is 0 Å². The monoisotopic (exact) mass is 200 g/mol. The summed E-state index contributed by atoms with van der Waals surface area (Å²) in [5.74, 6) is -0.489. The Morgan fingerprint density at radius 1 is 1.46 bits per heavy atom. The average Bonchev–Trinajstić information content (AvgIpc) is 2.62. The fraction of sp³-hybridized carbons (Fsp3) is 0.286. The summed E-state index contributed by atoms with van der Waals surface area (Å²) in [6.45, 7) is 0.629. The Kier molecular flexibility index (Phi) is 2.10. The van der Waals surface area contributed by atoms with Crippen LogP contribution in [0.5, 0.6) is 0 Å². The molecule has 0 amide bonds. The minimum Gasteiger partial charge on any atom is -0.245 e. The van der Waals surface area contributed by atoms with Gasteiger partial charge in [0, 0.05) is 19.2 Å². The van der Waals surface area contributed by atoms with Crippen LogP contribution in [-0.4, -0.2) is 22.7 Å². The molecule has 2 heterocycles. The summed E-state index contributed by atoms with van der Waals surface area (Å²) in [6.07, 6.45) is 3.71. The van der Waals surface area contributed by atoms with E-state index in [0.717, 1.165) is 6.42 Å². The first kappa shape index (κ1) is 8.37. The minimum atomic E-state index is -0.622. The predicted octanol–water partition coefficient (Wildman–Crippen LogP) is 1.46. The van der Waals surface area contributed by atoms with Crippen molar-refractivity contribution in [3.05, 3.63) is 17.3 Å². The Morgan fingerprint density at radius 2 is 2.31 bits per heavy atom. The number of halogens is 2. The van der Waals surface area contributed by atoms with Crippen molar-refractivity contribution in [1.29, 1.82) is 0 Å². The number of rotatable bonds is 1. The van der Waals surface area contributed by atoms with Gasteiger partial charge in [0.2, 0.25) is 5.82 Å². The molecule has 68 valence electrons. The van der Waals surface area contributed by atoms with E-state index < -0.39 is 5.82 Å². The number of hydrogen-bond acceptors (Lipinski definition) is 4. The van der Waals surface area contributed by atoms with Crippen LogP contribution in [0.3, 0.4) is 0 Å². The van der Waals surface area contributed by atoms with Gasteiger partial charge in [0.05, 0.1) is 0 Å². The molecule has 0 fully saturated rings. The summed E-state index contributed by atoms with van der Waals surface area (Å²) in [7, 11) is 0. The highest BCUT2D eigenvalue weighted by Crippen LogP contribution is 2.22. The molecule has 0 radical (unpaired) electrons. The van der Waals surface area contributed by atoms with Gasteiger partial charge in [0.25, 0.3) is 0 Å². The molecule has 13 heavy (non-hydrogen) atoms. The Labute approximate surface area is 79.1 Å². The maximum Gasteiger partial charge on any atom is 0.204 e. The highest BCUT2D eigenvalue weighted by atomic mass is 35.5. The van der Waals surface area contributed by atoms with E-state index in [9.17, 15) is 4.39 Å². The van der Waals surface area contributed by atoms with Gasteiger partial charge in [-0.05, 0) is 0 Å². The van der Waals surface area contributed by atoms with Crippen molar-refractivity contribution in [2.75, 3.05) is 11.6 Å². The van der Waals surface area contributed by atoms with Gasteiger partial charge in [-0.15, -0.1) is 0 Å². The Bertz CT molecular complexity index is 354. The normalized spacial score (nSPS) is 15.4. The van der Waals surface area contributed by atoms with E-state index in [4.69, 9.17) is 11.6 Å². The summed E-state index contributed by atoms with van der Waals surface area (Å²) >= 11 is 5.49. The predicted molar refractivity (Wildman–Crippen MR) is 47.5 cm³/mol. The first-order chi connectivity index (χ1) is 6.29. The maximum atomic E-state index is 13.3. The zero-order valence-electron chi connectivity index (χ0n) is 6.61. The van der Waals surface area contributed by atoms with Gasteiger partial charge in [0.15, 0.2) is 11.0 Å². The SMILES string of the molecule is Fc1c(Cl)ncnc1N1CCC=N1. The van der Waals surface area contributed by atoms with Crippen molar-refractivity contribution in [3.63, 3.8) is 0 Å². The molecule has 0 saturated carbocycles. The van der Waals surface area contributed by atoms with Crippen LogP contribution in [0.1, 0.15) is 6.42 Å². The molecule has 0 atom stereocenters. The van der Waals surface area contributed by atoms with Crippen LogP contribution in [0, 0.1) is 5.82 Å². The number of hydrazone groups is 1. The molecular weight excluding hydrogens is 195 g/mol. The van der Waals surface area contributed by atoms with E-state index in [1.807, 2.05) is 0 Å². The molecule has 0 saturated heterocycles. The molecule has 1 aromatic heterocycles.